The second kappa shape index (κ2) is 5.70. The van der Waals surface area contributed by atoms with Crippen LogP contribution in [0, 0.1) is 5.82 Å². The average Bonchev–Trinajstić information content (AvgIpc) is 2.50. The van der Waals surface area contributed by atoms with Crippen LogP contribution in [-0.4, -0.2) is 4.98 Å². The summed E-state index contributed by atoms with van der Waals surface area (Å²) in [6, 6.07) is 8.83. The fourth-order valence-corrected chi connectivity index (χ4v) is 2.34. The fraction of sp³-hybridized carbons (Fsp3) is 0.0625. The summed E-state index contributed by atoms with van der Waals surface area (Å²) in [4.78, 5) is 4.04. The number of alkyl halides is 3. The molecule has 0 spiro atoms. The lowest BCUT2D eigenvalue weighted by atomic mass is 10.1. The number of fused-ring (bicyclic) bond motifs is 1. The Labute approximate surface area is 133 Å². The molecule has 0 saturated carbocycles. The first kappa shape index (κ1) is 15.6. The minimum absolute atomic E-state index is 0.0793. The number of rotatable bonds is 2. The van der Waals surface area contributed by atoms with Crippen LogP contribution in [0.15, 0.2) is 48.7 Å². The third kappa shape index (κ3) is 3.22. The van der Waals surface area contributed by atoms with Crippen molar-refractivity contribution in [3.63, 3.8) is 0 Å². The van der Waals surface area contributed by atoms with E-state index >= 15 is 0 Å². The highest BCUT2D eigenvalue weighted by atomic mass is 35.5. The largest absolute Gasteiger partial charge is 0.416 e. The van der Waals surface area contributed by atoms with Crippen molar-refractivity contribution in [3.8, 4) is 0 Å². The Morgan fingerprint density at radius 1 is 1.00 bits per heavy atom. The van der Waals surface area contributed by atoms with Gasteiger partial charge in [-0.3, -0.25) is 4.98 Å². The highest BCUT2D eigenvalue weighted by molar-refractivity contribution is 6.31. The number of anilines is 2. The van der Waals surface area contributed by atoms with Gasteiger partial charge in [-0.1, -0.05) is 11.6 Å². The predicted molar refractivity (Wildman–Crippen MR) is 81.4 cm³/mol. The molecule has 0 aliphatic heterocycles. The lowest BCUT2D eigenvalue weighted by molar-refractivity contribution is -0.137. The van der Waals surface area contributed by atoms with Gasteiger partial charge in [-0.15, -0.1) is 0 Å². The van der Waals surface area contributed by atoms with Crippen LogP contribution < -0.4 is 5.32 Å². The number of pyridine rings is 1. The first-order valence-corrected chi connectivity index (χ1v) is 6.90. The van der Waals surface area contributed by atoms with E-state index in [1.54, 1.807) is 6.07 Å². The Morgan fingerprint density at radius 3 is 2.48 bits per heavy atom. The van der Waals surface area contributed by atoms with E-state index in [0.717, 1.165) is 12.1 Å². The van der Waals surface area contributed by atoms with Crippen molar-refractivity contribution in [2.24, 2.45) is 0 Å². The van der Waals surface area contributed by atoms with Gasteiger partial charge in [0.25, 0.3) is 0 Å². The molecule has 7 heteroatoms. The molecule has 0 atom stereocenters. The van der Waals surface area contributed by atoms with Crippen LogP contribution in [-0.2, 0) is 6.18 Å². The average molecular weight is 341 g/mol. The van der Waals surface area contributed by atoms with Gasteiger partial charge < -0.3 is 5.32 Å². The summed E-state index contributed by atoms with van der Waals surface area (Å²) in [5, 5.41) is 3.16. The molecule has 3 aromatic rings. The lowest BCUT2D eigenvalue weighted by Crippen LogP contribution is -2.05. The first-order chi connectivity index (χ1) is 10.8. The zero-order valence-corrected chi connectivity index (χ0v) is 12.2. The number of benzene rings is 2. The third-order valence-electron chi connectivity index (χ3n) is 3.27. The van der Waals surface area contributed by atoms with Gasteiger partial charge in [-0.25, -0.2) is 4.39 Å². The molecule has 2 aromatic carbocycles. The molecule has 1 N–H and O–H groups in total. The number of aromatic nitrogens is 1. The quantitative estimate of drug-likeness (QED) is 0.597. The SMILES string of the molecule is Fc1ccc(Nc2ccnc3ccc(C(F)(F)F)cc23)cc1Cl. The molecule has 2 nitrogen and oxygen atoms in total. The van der Waals surface area contributed by atoms with E-state index in [1.165, 1.54) is 30.5 Å². The monoisotopic (exact) mass is 340 g/mol. The standard InChI is InChI=1S/C16H9ClF4N2/c17-12-8-10(2-3-13(12)18)23-15-5-6-22-14-4-1-9(7-11(14)15)16(19,20)21/h1-8H,(H,22,23). The summed E-state index contributed by atoms with van der Waals surface area (Å²) in [6.45, 7) is 0. The summed E-state index contributed by atoms with van der Waals surface area (Å²) in [5.41, 5.74) is 0.527. The maximum atomic E-state index is 13.2. The predicted octanol–water partition coefficient (Wildman–Crippen LogP) is 5.79. The summed E-state index contributed by atoms with van der Waals surface area (Å²) in [6.07, 6.45) is -2.97. The highest BCUT2D eigenvalue weighted by Gasteiger charge is 2.30. The van der Waals surface area contributed by atoms with E-state index in [1.807, 2.05) is 0 Å². The molecule has 0 bridgehead atoms. The smallest absolute Gasteiger partial charge is 0.355 e. The van der Waals surface area contributed by atoms with Crippen molar-refractivity contribution in [1.29, 1.82) is 0 Å². The normalized spacial score (nSPS) is 11.7. The van der Waals surface area contributed by atoms with Crippen molar-refractivity contribution < 1.29 is 17.6 Å². The number of hydrogen-bond donors (Lipinski definition) is 1. The minimum atomic E-state index is -4.44. The molecule has 0 aliphatic rings. The van der Waals surface area contributed by atoms with Gasteiger partial charge in [0.05, 0.1) is 16.1 Å². The van der Waals surface area contributed by atoms with Gasteiger partial charge in [-0.05, 0) is 42.5 Å². The Bertz CT molecular complexity index is 878. The van der Waals surface area contributed by atoms with Gasteiger partial charge in [0, 0.05) is 23.0 Å². The zero-order valence-electron chi connectivity index (χ0n) is 11.5. The van der Waals surface area contributed by atoms with E-state index in [-0.39, 0.29) is 5.02 Å². The molecule has 0 aliphatic carbocycles. The molecule has 118 valence electrons. The summed E-state index contributed by atoms with van der Waals surface area (Å²) in [5.74, 6) is -0.573. The molecule has 0 saturated heterocycles. The maximum Gasteiger partial charge on any atom is 0.416 e. The molecule has 1 heterocycles. The molecule has 3 rings (SSSR count). The number of nitrogens with zero attached hydrogens (tertiary/aromatic N) is 1. The van der Waals surface area contributed by atoms with Crippen LogP contribution in [0.25, 0.3) is 10.9 Å². The van der Waals surface area contributed by atoms with E-state index in [0.29, 0.717) is 22.3 Å². The highest BCUT2D eigenvalue weighted by Crippen LogP contribution is 2.34. The van der Waals surface area contributed by atoms with Crippen molar-refractivity contribution in [3.05, 3.63) is 65.1 Å². The van der Waals surface area contributed by atoms with E-state index < -0.39 is 17.6 Å². The van der Waals surface area contributed by atoms with Gasteiger partial charge in [0.15, 0.2) is 0 Å². The fourth-order valence-electron chi connectivity index (χ4n) is 2.16. The molecular weight excluding hydrogens is 332 g/mol. The summed E-state index contributed by atoms with van der Waals surface area (Å²) < 4.78 is 51.8. The zero-order chi connectivity index (χ0) is 16.6. The number of nitrogens with one attached hydrogen (secondary N) is 1. The van der Waals surface area contributed by atoms with Crippen LogP contribution in [0.1, 0.15) is 5.56 Å². The van der Waals surface area contributed by atoms with Crippen LogP contribution >= 0.6 is 11.6 Å². The lowest BCUT2D eigenvalue weighted by Gasteiger charge is -2.12. The van der Waals surface area contributed by atoms with E-state index in [2.05, 4.69) is 10.3 Å². The molecule has 0 radical (unpaired) electrons. The van der Waals surface area contributed by atoms with E-state index in [4.69, 9.17) is 11.6 Å². The topological polar surface area (TPSA) is 24.9 Å². The third-order valence-corrected chi connectivity index (χ3v) is 3.56. The Balaban J connectivity index is 2.07. The molecular formula is C16H9ClF4N2. The second-order valence-electron chi connectivity index (χ2n) is 4.84. The van der Waals surface area contributed by atoms with Crippen molar-refractivity contribution >= 4 is 33.9 Å². The Kier molecular flexibility index (Phi) is 3.85. The summed E-state index contributed by atoms with van der Waals surface area (Å²) >= 11 is 5.71. The molecule has 23 heavy (non-hydrogen) atoms. The van der Waals surface area contributed by atoms with Gasteiger partial charge >= 0.3 is 6.18 Å². The Morgan fingerprint density at radius 2 is 1.78 bits per heavy atom. The van der Waals surface area contributed by atoms with Crippen LogP contribution in [0.5, 0.6) is 0 Å². The molecule has 1 aromatic heterocycles. The van der Waals surface area contributed by atoms with Crippen LogP contribution in [0.4, 0.5) is 28.9 Å². The van der Waals surface area contributed by atoms with Crippen molar-refractivity contribution in [2.75, 3.05) is 5.32 Å². The molecule has 0 unspecified atom stereocenters. The first-order valence-electron chi connectivity index (χ1n) is 6.52. The van der Waals surface area contributed by atoms with Gasteiger partial charge in [0.1, 0.15) is 5.82 Å². The number of hydrogen-bond acceptors (Lipinski definition) is 2. The molecule has 0 amide bonds. The minimum Gasteiger partial charge on any atom is -0.355 e. The van der Waals surface area contributed by atoms with Gasteiger partial charge in [0.2, 0.25) is 0 Å². The van der Waals surface area contributed by atoms with Crippen molar-refractivity contribution in [1.82, 2.24) is 4.98 Å². The van der Waals surface area contributed by atoms with Crippen molar-refractivity contribution in [2.45, 2.75) is 6.18 Å². The van der Waals surface area contributed by atoms with E-state index in [9.17, 15) is 17.6 Å². The number of halogens is 5. The van der Waals surface area contributed by atoms with Crippen LogP contribution in [0.3, 0.4) is 0 Å². The summed E-state index contributed by atoms with van der Waals surface area (Å²) in [7, 11) is 0. The van der Waals surface area contributed by atoms with Crippen LogP contribution in [0.2, 0.25) is 5.02 Å². The molecule has 0 fully saturated rings. The Hall–Kier alpha value is -2.34. The second-order valence-corrected chi connectivity index (χ2v) is 5.25. The maximum absolute atomic E-state index is 13.2. The van der Waals surface area contributed by atoms with Gasteiger partial charge in [-0.2, -0.15) is 13.2 Å².